The Morgan fingerprint density at radius 3 is 2.50 bits per heavy atom. The second-order valence-corrected chi connectivity index (χ2v) is 5.89. The van der Waals surface area contributed by atoms with E-state index >= 15 is 0 Å². The lowest BCUT2D eigenvalue weighted by molar-refractivity contribution is 0.648. The number of rotatable bonds is 4. The zero-order chi connectivity index (χ0) is 13.4. The predicted molar refractivity (Wildman–Crippen MR) is 89.4 cm³/mol. The third-order valence-corrected chi connectivity index (χ3v) is 4.00. The van der Waals surface area contributed by atoms with Gasteiger partial charge in [-0.25, -0.2) is 0 Å². The lowest BCUT2D eigenvalue weighted by atomic mass is 10.3. The summed E-state index contributed by atoms with van der Waals surface area (Å²) < 4.78 is 0.888. The van der Waals surface area contributed by atoms with E-state index in [0.717, 1.165) is 22.3 Å². The van der Waals surface area contributed by atoms with Crippen LogP contribution in [0.4, 0.5) is 5.69 Å². The summed E-state index contributed by atoms with van der Waals surface area (Å²) >= 11 is 12.0. The van der Waals surface area contributed by atoms with E-state index in [1.54, 1.807) is 11.8 Å². The molecule has 0 heterocycles. The van der Waals surface area contributed by atoms with Crippen molar-refractivity contribution in [2.24, 2.45) is 0 Å². The van der Waals surface area contributed by atoms with Crippen molar-refractivity contribution in [2.75, 3.05) is 31.7 Å². The number of para-hydroxylation sites is 1. The van der Waals surface area contributed by atoms with Crippen LogP contribution in [0.15, 0.2) is 30.3 Å². The highest BCUT2D eigenvalue weighted by molar-refractivity contribution is 8.22. The quantitative estimate of drug-likeness (QED) is 0.656. The molecule has 0 unspecified atom stereocenters. The highest BCUT2D eigenvalue weighted by Crippen LogP contribution is 2.06. The molecule has 2 N–H and O–H groups in total. The topological polar surface area (TPSA) is 27.3 Å². The fraction of sp³-hybridized carbons (Fsp3) is 0.333. The van der Waals surface area contributed by atoms with E-state index in [9.17, 15) is 0 Å². The van der Waals surface area contributed by atoms with Crippen LogP contribution in [-0.4, -0.2) is 40.7 Å². The van der Waals surface area contributed by atoms with Crippen molar-refractivity contribution in [3.63, 3.8) is 0 Å². The van der Waals surface area contributed by atoms with E-state index in [2.05, 4.69) is 10.6 Å². The second kappa shape index (κ2) is 8.29. The summed E-state index contributed by atoms with van der Waals surface area (Å²) in [5.74, 6) is 0.896. The fourth-order valence-electron chi connectivity index (χ4n) is 1.13. The number of hydrogen-bond acceptors (Lipinski definition) is 3. The van der Waals surface area contributed by atoms with E-state index in [-0.39, 0.29) is 0 Å². The monoisotopic (exact) mass is 299 g/mol. The Hall–Kier alpha value is -0.850. The first-order valence-electron chi connectivity index (χ1n) is 5.53. The third kappa shape index (κ3) is 6.18. The highest BCUT2D eigenvalue weighted by atomic mass is 32.2. The molecule has 0 aliphatic rings. The van der Waals surface area contributed by atoms with Crippen LogP contribution in [-0.2, 0) is 0 Å². The Balaban J connectivity index is 2.16. The second-order valence-electron chi connectivity index (χ2n) is 3.76. The molecule has 0 saturated heterocycles. The molecule has 0 atom stereocenters. The number of anilines is 1. The van der Waals surface area contributed by atoms with Crippen LogP contribution >= 0.6 is 36.2 Å². The molecule has 0 bridgehead atoms. The largest absolute Gasteiger partial charge is 0.364 e. The average molecular weight is 299 g/mol. The lowest BCUT2D eigenvalue weighted by Crippen LogP contribution is -2.30. The maximum atomic E-state index is 5.19. The lowest BCUT2D eigenvalue weighted by Gasteiger charge is -2.13. The number of thioether (sulfide) groups is 1. The van der Waals surface area contributed by atoms with Crippen molar-refractivity contribution in [1.82, 2.24) is 10.2 Å². The Morgan fingerprint density at radius 2 is 1.89 bits per heavy atom. The minimum atomic E-state index is 0.637. The molecule has 1 rings (SSSR count). The summed E-state index contributed by atoms with van der Waals surface area (Å²) in [6, 6.07) is 9.86. The average Bonchev–Trinajstić information content (AvgIpc) is 2.35. The predicted octanol–water partition coefficient (Wildman–Crippen LogP) is 2.55. The summed E-state index contributed by atoms with van der Waals surface area (Å²) in [6.45, 7) is 0.789. The first kappa shape index (κ1) is 15.2. The molecule has 0 saturated carbocycles. The van der Waals surface area contributed by atoms with E-state index in [0.29, 0.717) is 5.11 Å². The van der Waals surface area contributed by atoms with Gasteiger partial charge >= 0.3 is 0 Å². The summed E-state index contributed by atoms with van der Waals surface area (Å²) in [6.07, 6.45) is 0. The van der Waals surface area contributed by atoms with Crippen LogP contribution in [0.1, 0.15) is 0 Å². The van der Waals surface area contributed by atoms with Crippen molar-refractivity contribution in [3.8, 4) is 0 Å². The van der Waals surface area contributed by atoms with Gasteiger partial charge in [-0.05, 0) is 24.4 Å². The molecule has 1 aromatic carbocycles. The number of nitrogens with one attached hydrogen (secondary N) is 2. The molecule has 0 fully saturated rings. The fourth-order valence-corrected chi connectivity index (χ4v) is 2.24. The van der Waals surface area contributed by atoms with E-state index in [1.807, 2.05) is 49.3 Å². The van der Waals surface area contributed by atoms with Crippen molar-refractivity contribution < 1.29 is 0 Å². The molecule has 0 aliphatic heterocycles. The van der Waals surface area contributed by atoms with E-state index in [1.165, 1.54) is 0 Å². The molecule has 0 radical (unpaired) electrons. The number of nitrogens with zero attached hydrogens (tertiary/aromatic N) is 1. The van der Waals surface area contributed by atoms with Gasteiger partial charge < -0.3 is 15.5 Å². The molecule has 0 spiro atoms. The van der Waals surface area contributed by atoms with Crippen LogP contribution in [0, 0.1) is 0 Å². The van der Waals surface area contributed by atoms with Gasteiger partial charge in [-0.2, -0.15) is 0 Å². The molecule has 0 amide bonds. The summed E-state index contributed by atoms with van der Waals surface area (Å²) in [5, 5.41) is 6.90. The van der Waals surface area contributed by atoms with Gasteiger partial charge in [-0.1, -0.05) is 42.2 Å². The molecule has 0 aliphatic carbocycles. The molecule has 6 heteroatoms. The Labute approximate surface area is 123 Å². The third-order valence-electron chi connectivity index (χ3n) is 2.01. The van der Waals surface area contributed by atoms with Crippen molar-refractivity contribution in [2.45, 2.75) is 0 Å². The zero-order valence-corrected chi connectivity index (χ0v) is 12.9. The SMILES string of the molecule is CN(C)C(=S)SCCNC(=S)Nc1ccccc1. The van der Waals surface area contributed by atoms with Crippen LogP contribution in [0.5, 0.6) is 0 Å². The highest BCUT2D eigenvalue weighted by Gasteiger charge is 2.00. The van der Waals surface area contributed by atoms with Gasteiger partial charge in [0.05, 0.1) is 0 Å². The van der Waals surface area contributed by atoms with Gasteiger partial charge in [0.15, 0.2) is 5.11 Å². The van der Waals surface area contributed by atoms with Crippen molar-refractivity contribution in [1.29, 1.82) is 0 Å². The van der Waals surface area contributed by atoms with Crippen molar-refractivity contribution >= 4 is 51.3 Å². The van der Waals surface area contributed by atoms with Gasteiger partial charge in [-0.15, -0.1) is 0 Å². The normalized spacial score (nSPS) is 9.67. The molecular weight excluding hydrogens is 282 g/mol. The molecule has 18 heavy (non-hydrogen) atoms. The van der Waals surface area contributed by atoms with E-state index in [4.69, 9.17) is 24.4 Å². The maximum Gasteiger partial charge on any atom is 0.170 e. The molecule has 3 nitrogen and oxygen atoms in total. The zero-order valence-electron chi connectivity index (χ0n) is 10.5. The summed E-state index contributed by atoms with van der Waals surface area (Å²) in [7, 11) is 3.90. The van der Waals surface area contributed by atoms with E-state index < -0.39 is 0 Å². The summed E-state index contributed by atoms with van der Waals surface area (Å²) in [5.41, 5.74) is 0.992. The van der Waals surface area contributed by atoms with Gasteiger partial charge in [0.25, 0.3) is 0 Å². The Kier molecular flexibility index (Phi) is 7.00. The molecule has 98 valence electrons. The number of hydrogen-bond donors (Lipinski definition) is 2. The molecular formula is C12H17N3S3. The maximum absolute atomic E-state index is 5.19. The minimum absolute atomic E-state index is 0.637. The van der Waals surface area contributed by atoms with Gasteiger partial charge in [0.2, 0.25) is 0 Å². The van der Waals surface area contributed by atoms with Crippen molar-refractivity contribution in [3.05, 3.63) is 30.3 Å². The minimum Gasteiger partial charge on any atom is -0.364 e. The van der Waals surface area contributed by atoms with Crippen LogP contribution in [0.25, 0.3) is 0 Å². The number of thiocarbonyl (C=S) groups is 2. The summed E-state index contributed by atoms with van der Waals surface area (Å²) in [4.78, 5) is 1.93. The van der Waals surface area contributed by atoms with Crippen LogP contribution in [0.2, 0.25) is 0 Å². The van der Waals surface area contributed by atoms with Crippen LogP contribution < -0.4 is 10.6 Å². The standard InChI is InChI=1S/C12H17N3S3/c1-15(2)12(17)18-9-8-13-11(16)14-10-6-4-3-5-7-10/h3-7H,8-9H2,1-2H3,(H2,13,14,16). The molecule has 1 aromatic rings. The van der Waals surface area contributed by atoms with Crippen LogP contribution in [0.3, 0.4) is 0 Å². The van der Waals surface area contributed by atoms with Gasteiger partial charge in [0, 0.05) is 32.1 Å². The molecule has 0 aromatic heterocycles. The van der Waals surface area contributed by atoms with Gasteiger partial charge in [-0.3, -0.25) is 0 Å². The smallest absolute Gasteiger partial charge is 0.170 e. The Bertz CT molecular complexity index is 393. The first-order chi connectivity index (χ1) is 8.59. The van der Waals surface area contributed by atoms with Gasteiger partial charge in [0.1, 0.15) is 4.32 Å². The first-order valence-corrected chi connectivity index (χ1v) is 7.34. The number of benzene rings is 1. The Morgan fingerprint density at radius 1 is 1.22 bits per heavy atom.